The third-order valence-electron chi connectivity index (χ3n) is 5.22. The van der Waals surface area contributed by atoms with Gasteiger partial charge >= 0.3 is 11.9 Å². The molecule has 1 N–H and O–H groups in total. The molecule has 0 saturated heterocycles. The Bertz CT molecular complexity index is 417. The lowest BCUT2D eigenvalue weighted by atomic mass is 10.1. The minimum atomic E-state index is -0.893. The highest BCUT2D eigenvalue weighted by molar-refractivity contribution is 5.71. The molecule has 0 radical (unpaired) electrons. The lowest BCUT2D eigenvalue weighted by Gasteiger charge is -2.16. The van der Waals surface area contributed by atoms with Gasteiger partial charge in [0.05, 0.1) is 6.42 Å². The smallest absolute Gasteiger partial charge is 0.307 e. The summed E-state index contributed by atoms with van der Waals surface area (Å²) in [5, 5.41) is 9.03. The summed E-state index contributed by atoms with van der Waals surface area (Å²) < 4.78 is 5.44. The van der Waals surface area contributed by atoms with Gasteiger partial charge in [-0.15, -0.1) is 0 Å². The second-order valence-corrected chi connectivity index (χ2v) is 8.19. The van der Waals surface area contributed by atoms with Crippen molar-refractivity contribution in [1.29, 1.82) is 0 Å². The summed E-state index contributed by atoms with van der Waals surface area (Å²) in [5.74, 6) is -1.13. The fourth-order valence-corrected chi connectivity index (χ4v) is 3.43. The summed E-state index contributed by atoms with van der Waals surface area (Å²) in [5.41, 5.74) is 0. The van der Waals surface area contributed by atoms with E-state index in [1.807, 2.05) is 0 Å². The van der Waals surface area contributed by atoms with Crippen LogP contribution in [0.4, 0.5) is 0 Å². The predicted octanol–water partition coefficient (Wildman–Crippen LogP) is 7.60. The Hall–Kier alpha value is -1.32. The zero-order valence-corrected chi connectivity index (χ0v) is 19.1. The number of allylic oxidation sites excluding steroid dienone is 2. The van der Waals surface area contributed by atoms with Gasteiger partial charge in [-0.1, -0.05) is 83.8 Å². The molecule has 0 rings (SSSR count). The summed E-state index contributed by atoms with van der Waals surface area (Å²) in [4.78, 5) is 23.0. The zero-order chi connectivity index (χ0) is 21.6. The number of ether oxygens (including phenoxy) is 1. The molecule has 0 aliphatic rings. The molecule has 0 bridgehead atoms. The Kier molecular flexibility index (Phi) is 20.4. The van der Waals surface area contributed by atoms with Crippen molar-refractivity contribution in [2.24, 2.45) is 0 Å². The molecule has 0 fully saturated rings. The first-order valence-electron chi connectivity index (χ1n) is 12.2. The van der Waals surface area contributed by atoms with Crippen LogP contribution in [0.15, 0.2) is 12.2 Å². The van der Waals surface area contributed by atoms with Crippen LogP contribution in [0.1, 0.15) is 129 Å². The Morgan fingerprint density at radius 1 is 0.759 bits per heavy atom. The summed E-state index contributed by atoms with van der Waals surface area (Å²) in [7, 11) is 0. The second kappa shape index (κ2) is 21.4. The Balaban J connectivity index is 3.72. The van der Waals surface area contributed by atoms with Crippen molar-refractivity contribution in [2.45, 2.75) is 136 Å². The molecule has 1 atom stereocenters. The van der Waals surface area contributed by atoms with Crippen LogP contribution in [0.3, 0.4) is 0 Å². The average Bonchev–Trinajstić information content (AvgIpc) is 2.68. The van der Waals surface area contributed by atoms with Crippen LogP contribution >= 0.6 is 0 Å². The van der Waals surface area contributed by atoms with E-state index in [4.69, 9.17) is 9.84 Å². The van der Waals surface area contributed by atoms with Gasteiger partial charge in [0.2, 0.25) is 0 Å². The molecule has 0 amide bonds. The van der Waals surface area contributed by atoms with Crippen molar-refractivity contribution in [3.63, 3.8) is 0 Å². The number of carbonyl (C=O) groups is 2. The molecule has 29 heavy (non-hydrogen) atoms. The second-order valence-electron chi connectivity index (χ2n) is 8.19. The van der Waals surface area contributed by atoms with E-state index in [0.717, 1.165) is 38.5 Å². The molecule has 0 aliphatic heterocycles. The molecule has 170 valence electrons. The van der Waals surface area contributed by atoms with Crippen molar-refractivity contribution in [2.75, 3.05) is 0 Å². The van der Waals surface area contributed by atoms with E-state index >= 15 is 0 Å². The van der Waals surface area contributed by atoms with E-state index in [0.29, 0.717) is 12.8 Å². The summed E-state index contributed by atoms with van der Waals surface area (Å²) in [6.07, 6.45) is 22.4. The number of carboxylic acid groups (broad SMARTS) is 1. The number of rotatable bonds is 21. The molecule has 1 unspecified atom stereocenters. The first-order valence-corrected chi connectivity index (χ1v) is 12.2. The first kappa shape index (κ1) is 27.7. The van der Waals surface area contributed by atoms with E-state index in [1.165, 1.54) is 57.8 Å². The number of unbranched alkanes of at least 4 members (excludes halogenated alkanes) is 12. The minimum absolute atomic E-state index is 0.0779. The van der Waals surface area contributed by atoms with Gasteiger partial charge in [0, 0.05) is 6.42 Å². The highest BCUT2D eigenvalue weighted by Gasteiger charge is 2.17. The topological polar surface area (TPSA) is 63.6 Å². The van der Waals surface area contributed by atoms with Gasteiger partial charge in [-0.05, 0) is 44.9 Å². The van der Waals surface area contributed by atoms with Gasteiger partial charge in [-0.2, -0.15) is 0 Å². The highest BCUT2D eigenvalue weighted by Crippen LogP contribution is 2.15. The Morgan fingerprint density at radius 3 is 1.93 bits per heavy atom. The van der Waals surface area contributed by atoms with Crippen LogP contribution in [-0.4, -0.2) is 23.1 Å². The lowest BCUT2D eigenvalue weighted by Crippen LogP contribution is -2.21. The van der Waals surface area contributed by atoms with Crippen molar-refractivity contribution in [3.05, 3.63) is 12.2 Å². The molecule has 0 saturated carbocycles. The number of esters is 1. The molecule has 0 aromatic rings. The highest BCUT2D eigenvalue weighted by atomic mass is 16.5. The fourth-order valence-electron chi connectivity index (χ4n) is 3.43. The van der Waals surface area contributed by atoms with Crippen molar-refractivity contribution in [1.82, 2.24) is 0 Å². The third kappa shape index (κ3) is 21.2. The normalized spacial score (nSPS) is 12.3. The van der Waals surface area contributed by atoms with Gasteiger partial charge < -0.3 is 9.84 Å². The van der Waals surface area contributed by atoms with E-state index in [-0.39, 0.29) is 12.4 Å². The van der Waals surface area contributed by atoms with E-state index in [2.05, 4.69) is 26.0 Å². The van der Waals surface area contributed by atoms with Gasteiger partial charge in [-0.3, -0.25) is 9.59 Å². The maximum absolute atomic E-state index is 12.0. The van der Waals surface area contributed by atoms with Gasteiger partial charge in [0.1, 0.15) is 6.10 Å². The molecular formula is C25H46O4. The van der Waals surface area contributed by atoms with E-state index in [1.54, 1.807) is 0 Å². The largest absolute Gasteiger partial charge is 0.481 e. The third-order valence-corrected chi connectivity index (χ3v) is 5.22. The monoisotopic (exact) mass is 410 g/mol. The molecule has 0 aliphatic carbocycles. The van der Waals surface area contributed by atoms with Crippen LogP contribution in [0, 0.1) is 0 Å². The van der Waals surface area contributed by atoms with Gasteiger partial charge in [-0.25, -0.2) is 0 Å². The van der Waals surface area contributed by atoms with Crippen LogP contribution in [0.5, 0.6) is 0 Å². The molecule has 0 aromatic heterocycles. The first-order chi connectivity index (χ1) is 14.1. The van der Waals surface area contributed by atoms with Crippen molar-refractivity contribution >= 4 is 11.9 Å². The predicted molar refractivity (Wildman–Crippen MR) is 121 cm³/mol. The van der Waals surface area contributed by atoms with Crippen molar-refractivity contribution < 1.29 is 19.4 Å². The standard InChI is InChI=1S/C25H46O4/c1-3-5-7-9-10-11-12-13-14-15-17-19-21-25(28)29-23(22-24(26)27)20-18-16-8-6-4-2/h10-11,23H,3-9,12-22H2,1-2H3,(H,26,27)/b11-10-. The maximum Gasteiger partial charge on any atom is 0.307 e. The SMILES string of the molecule is CCCCC/C=C\CCCCCCCC(=O)OC(CCCCCCC)CC(=O)O. The average molecular weight is 411 g/mol. The van der Waals surface area contributed by atoms with Crippen LogP contribution in [-0.2, 0) is 14.3 Å². The Morgan fingerprint density at radius 2 is 1.28 bits per heavy atom. The van der Waals surface area contributed by atoms with Gasteiger partial charge in [0.15, 0.2) is 0 Å². The molecule has 0 spiro atoms. The number of carboxylic acids is 1. The van der Waals surface area contributed by atoms with E-state index < -0.39 is 12.1 Å². The summed E-state index contributed by atoms with van der Waals surface area (Å²) in [6.45, 7) is 4.40. The molecule has 4 nitrogen and oxygen atoms in total. The lowest BCUT2D eigenvalue weighted by molar-refractivity contribution is -0.153. The minimum Gasteiger partial charge on any atom is -0.481 e. The molecule has 0 heterocycles. The van der Waals surface area contributed by atoms with Crippen LogP contribution in [0.25, 0.3) is 0 Å². The number of aliphatic carboxylic acids is 1. The molecule has 0 aromatic carbocycles. The fraction of sp³-hybridized carbons (Fsp3) is 0.840. The number of carbonyl (C=O) groups excluding carboxylic acids is 1. The van der Waals surface area contributed by atoms with Crippen molar-refractivity contribution in [3.8, 4) is 0 Å². The summed E-state index contributed by atoms with van der Waals surface area (Å²) in [6, 6.07) is 0. The van der Waals surface area contributed by atoms with E-state index in [9.17, 15) is 9.59 Å². The molecular weight excluding hydrogens is 364 g/mol. The zero-order valence-electron chi connectivity index (χ0n) is 19.1. The molecule has 4 heteroatoms. The maximum atomic E-state index is 12.0. The van der Waals surface area contributed by atoms with Crippen LogP contribution in [0.2, 0.25) is 0 Å². The number of hydrogen-bond acceptors (Lipinski definition) is 3. The quantitative estimate of drug-likeness (QED) is 0.120. The Labute approximate surface area is 179 Å². The summed E-state index contributed by atoms with van der Waals surface area (Å²) >= 11 is 0. The number of hydrogen-bond donors (Lipinski definition) is 1. The van der Waals surface area contributed by atoms with Gasteiger partial charge in [0.25, 0.3) is 0 Å². The van der Waals surface area contributed by atoms with Crippen LogP contribution < -0.4 is 0 Å².